The molecule has 1 amide bonds. The van der Waals surface area contributed by atoms with Gasteiger partial charge in [0.15, 0.2) is 0 Å². The summed E-state index contributed by atoms with van der Waals surface area (Å²) in [7, 11) is 0. The van der Waals surface area contributed by atoms with Crippen LogP contribution in [0, 0.1) is 12.7 Å². The van der Waals surface area contributed by atoms with E-state index in [-0.39, 0.29) is 24.9 Å². The molecule has 1 fully saturated rings. The van der Waals surface area contributed by atoms with Gasteiger partial charge < -0.3 is 14.4 Å². The number of ether oxygens (including phenoxy) is 1. The van der Waals surface area contributed by atoms with Crippen LogP contribution in [0.4, 0.5) is 15.8 Å². The van der Waals surface area contributed by atoms with Gasteiger partial charge in [-0.1, -0.05) is 34.4 Å². The van der Waals surface area contributed by atoms with Crippen LogP contribution in [-0.2, 0) is 17.8 Å². The molecule has 2 aliphatic rings. The number of hydrogen-bond donors (Lipinski definition) is 1. The molecule has 0 spiro atoms. The van der Waals surface area contributed by atoms with Crippen molar-refractivity contribution in [3.63, 3.8) is 0 Å². The zero-order chi connectivity index (χ0) is 28.8. The molecule has 41 heavy (non-hydrogen) atoms. The molecule has 210 valence electrons. The number of benzene rings is 3. The molecule has 0 atom stereocenters. The SMILES string of the molecule is Cc1ccc(Cl)c(-c2noc(C3CC3)c2COc2ccc3c(c2)CCCC(=O)N3c2ccc(F)c(C(=O)O)c2)c1Cl. The first-order valence-electron chi connectivity index (χ1n) is 13.3. The highest BCUT2D eigenvalue weighted by molar-refractivity contribution is 6.39. The number of carbonyl (C=O) groups excluding carboxylic acids is 1. The smallest absolute Gasteiger partial charge is 0.338 e. The summed E-state index contributed by atoms with van der Waals surface area (Å²) in [6, 6.07) is 12.7. The maximum absolute atomic E-state index is 14.1. The monoisotopic (exact) mass is 594 g/mol. The van der Waals surface area contributed by atoms with E-state index in [2.05, 4.69) is 5.16 Å². The standard InChI is InChI=1S/C31H25Cl2FN2O5/c1-16-5-10-23(32)27(28(16)33)29-22(30(41-35-29)17-6-7-17)15-40-20-9-12-25-18(13-20)3-2-4-26(37)36(25)19-8-11-24(34)21(14-19)31(38)39/h5,8-14,17H,2-4,6-7,15H2,1H3,(H,38,39). The summed E-state index contributed by atoms with van der Waals surface area (Å²) in [5.41, 5.74) is 4.09. The number of aromatic nitrogens is 1. The molecule has 3 aromatic carbocycles. The van der Waals surface area contributed by atoms with Crippen LogP contribution in [0.5, 0.6) is 5.75 Å². The average molecular weight is 595 g/mol. The van der Waals surface area contributed by atoms with Crippen LogP contribution in [0.25, 0.3) is 11.3 Å². The number of carboxylic acid groups (broad SMARTS) is 1. The highest BCUT2D eigenvalue weighted by atomic mass is 35.5. The summed E-state index contributed by atoms with van der Waals surface area (Å²) in [4.78, 5) is 26.0. The molecule has 0 bridgehead atoms. The maximum Gasteiger partial charge on any atom is 0.338 e. The second-order valence-electron chi connectivity index (χ2n) is 10.3. The third-order valence-electron chi connectivity index (χ3n) is 7.49. The zero-order valence-corrected chi connectivity index (χ0v) is 23.6. The molecule has 7 nitrogen and oxygen atoms in total. The molecule has 4 aromatic rings. The van der Waals surface area contributed by atoms with E-state index in [0.29, 0.717) is 51.3 Å². The van der Waals surface area contributed by atoms with Gasteiger partial charge in [0.25, 0.3) is 0 Å². The molecule has 2 heterocycles. The molecule has 1 aromatic heterocycles. The number of aromatic carboxylic acids is 1. The second kappa shape index (κ2) is 10.8. The van der Waals surface area contributed by atoms with Gasteiger partial charge >= 0.3 is 5.97 Å². The highest BCUT2D eigenvalue weighted by Gasteiger charge is 2.34. The van der Waals surface area contributed by atoms with Gasteiger partial charge in [-0.15, -0.1) is 0 Å². The number of fused-ring (bicyclic) bond motifs is 1. The Morgan fingerprint density at radius 3 is 2.71 bits per heavy atom. The average Bonchev–Trinajstić information content (AvgIpc) is 3.73. The van der Waals surface area contributed by atoms with Gasteiger partial charge in [-0.2, -0.15) is 0 Å². The first-order chi connectivity index (χ1) is 19.7. The lowest BCUT2D eigenvalue weighted by Crippen LogP contribution is -2.25. The first kappa shape index (κ1) is 27.3. The maximum atomic E-state index is 14.1. The van der Waals surface area contributed by atoms with Gasteiger partial charge in [0, 0.05) is 23.6 Å². The number of nitrogens with zero attached hydrogens (tertiary/aromatic N) is 2. The minimum atomic E-state index is -1.40. The fraction of sp³-hybridized carbons (Fsp3) is 0.258. The molecule has 1 saturated carbocycles. The Bertz CT molecular complexity index is 1700. The zero-order valence-electron chi connectivity index (χ0n) is 22.0. The van der Waals surface area contributed by atoms with Crippen LogP contribution >= 0.6 is 23.2 Å². The minimum absolute atomic E-state index is 0.173. The third kappa shape index (κ3) is 5.18. The summed E-state index contributed by atoms with van der Waals surface area (Å²) in [5, 5.41) is 14.7. The molecule has 0 radical (unpaired) electrons. The van der Waals surface area contributed by atoms with Crippen molar-refractivity contribution in [3.05, 3.63) is 92.4 Å². The lowest BCUT2D eigenvalue weighted by atomic mass is 10.0. The van der Waals surface area contributed by atoms with E-state index in [1.807, 2.05) is 19.1 Å². The van der Waals surface area contributed by atoms with Gasteiger partial charge in [-0.3, -0.25) is 9.69 Å². The third-order valence-corrected chi connectivity index (χ3v) is 8.29. The van der Waals surface area contributed by atoms with E-state index < -0.39 is 17.3 Å². The highest BCUT2D eigenvalue weighted by Crippen LogP contribution is 2.47. The topological polar surface area (TPSA) is 92.9 Å². The Hall–Kier alpha value is -3.88. The lowest BCUT2D eigenvalue weighted by Gasteiger charge is -2.24. The fourth-order valence-electron chi connectivity index (χ4n) is 5.20. The van der Waals surface area contributed by atoms with Crippen LogP contribution < -0.4 is 9.64 Å². The Labute approximate surface area is 245 Å². The molecule has 1 N–H and O–H groups in total. The first-order valence-corrected chi connectivity index (χ1v) is 14.0. The Kier molecular flexibility index (Phi) is 7.21. The van der Waals surface area contributed by atoms with Gasteiger partial charge in [0.05, 0.1) is 26.9 Å². The number of carboxylic acids is 1. The number of halogens is 3. The second-order valence-corrected chi connectivity index (χ2v) is 11.1. The van der Waals surface area contributed by atoms with Crippen molar-refractivity contribution in [1.29, 1.82) is 0 Å². The van der Waals surface area contributed by atoms with Gasteiger partial charge in [-0.05, 0) is 86.2 Å². The Morgan fingerprint density at radius 2 is 1.95 bits per heavy atom. The minimum Gasteiger partial charge on any atom is -0.489 e. The van der Waals surface area contributed by atoms with Crippen molar-refractivity contribution >= 4 is 46.5 Å². The van der Waals surface area contributed by atoms with Crippen LogP contribution in [0.2, 0.25) is 10.0 Å². The van der Waals surface area contributed by atoms with Crippen molar-refractivity contribution in [2.24, 2.45) is 0 Å². The number of rotatable bonds is 7. The van der Waals surface area contributed by atoms with Crippen molar-refractivity contribution in [2.75, 3.05) is 4.90 Å². The van der Waals surface area contributed by atoms with Crippen molar-refractivity contribution in [3.8, 4) is 17.0 Å². The van der Waals surface area contributed by atoms with Gasteiger partial charge in [-0.25, -0.2) is 9.18 Å². The van der Waals surface area contributed by atoms with Gasteiger partial charge in [0.2, 0.25) is 5.91 Å². The van der Waals surface area contributed by atoms with Crippen molar-refractivity contribution < 1.29 is 28.3 Å². The summed E-state index contributed by atoms with van der Waals surface area (Å²) < 4.78 is 26.1. The Balaban J connectivity index is 1.33. The molecule has 0 unspecified atom stereocenters. The summed E-state index contributed by atoms with van der Waals surface area (Å²) in [6.45, 7) is 2.07. The quantitative estimate of drug-likeness (QED) is 0.231. The lowest BCUT2D eigenvalue weighted by molar-refractivity contribution is -0.117. The number of aryl methyl sites for hydroxylation is 2. The number of amides is 1. The van der Waals surface area contributed by atoms with Crippen LogP contribution in [-0.4, -0.2) is 22.1 Å². The summed E-state index contributed by atoms with van der Waals surface area (Å²) in [5.74, 6) is -0.836. The van der Waals surface area contributed by atoms with Gasteiger partial charge in [0.1, 0.15) is 29.6 Å². The number of carbonyl (C=O) groups is 2. The molecule has 1 aliphatic carbocycles. The van der Waals surface area contributed by atoms with E-state index in [0.717, 1.165) is 41.4 Å². The molecule has 1 aliphatic heterocycles. The number of anilines is 2. The Morgan fingerprint density at radius 1 is 1.15 bits per heavy atom. The molecular weight excluding hydrogens is 570 g/mol. The summed E-state index contributed by atoms with van der Waals surface area (Å²) >= 11 is 13.2. The number of hydrogen-bond acceptors (Lipinski definition) is 5. The van der Waals surface area contributed by atoms with Crippen LogP contribution in [0.1, 0.15) is 64.4 Å². The van der Waals surface area contributed by atoms with Crippen LogP contribution in [0.15, 0.2) is 53.1 Å². The molecule has 0 saturated heterocycles. The van der Waals surface area contributed by atoms with E-state index in [1.165, 1.54) is 17.0 Å². The molecular formula is C31H25Cl2FN2O5. The summed E-state index contributed by atoms with van der Waals surface area (Å²) in [6.07, 6.45) is 3.49. The predicted octanol–water partition coefficient (Wildman–Crippen LogP) is 8.25. The van der Waals surface area contributed by atoms with E-state index in [4.69, 9.17) is 32.5 Å². The van der Waals surface area contributed by atoms with E-state index in [9.17, 15) is 19.1 Å². The molecule has 6 rings (SSSR count). The fourth-order valence-corrected chi connectivity index (χ4v) is 5.75. The predicted molar refractivity (Wildman–Crippen MR) is 153 cm³/mol. The van der Waals surface area contributed by atoms with E-state index >= 15 is 0 Å². The van der Waals surface area contributed by atoms with Crippen molar-refractivity contribution in [2.45, 2.75) is 51.6 Å². The van der Waals surface area contributed by atoms with Crippen molar-refractivity contribution in [1.82, 2.24) is 5.16 Å². The largest absolute Gasteiger partial charge is 0.489 e. The van der Waals surface area contributed by atoms with Crippen LogP contribution in [0.3, 0.4) is 0 Å². The van der Waals surface area contributed by atoms with E-state index in [1.54, 1.807) is 18.2 Å². The molecule has 10 heteroatoms. The normalized spacial score (nSPS) is 15.0.